The van der Waals surface area contributed by atoms with Crippen LogP contribution in [0.15, 0.2) is 16.5 Å². The Hall–Kier alpha value is -1.29. The van der Waals surface area contributed by atoms with Crippen molar-refractivity contribution < 1.29 is 19.4 Å². The number of hydrogen-bond acceptors (Lipinski definition) is 3. The molecule has 0 spiro atoms. The third-order valence-electron chi connectivity index (χ3n) is 1.46. The van der Waals surface area contributed by atoms with Gasteiger partial charge in [0.25, 0.3) is 0 Å². The maximum Gasteiger partial charge on any atom is 0.306 e. The highest BCUT2D eigenvalue weighted by atomic mass is 16.4. The van der Waals surface area contributed by atoms with Crippen LogP contribution in [0.4, 0.5) is 0 Å². The van der Waals surface area contributed by atoms with Crippen LogP contribution < -0.4 is 0 Å². The lowest BCUT2D eigenvalue weighted by atomic mass is 10.2. The van der Waals surface area contributed by atoms with Crippen LogP contribution in [0.1, 0.15) is 24.0 Å². The lowest BCUT2D eigenvalue weighted by molar-refractivity contribution is -0.139. The van der Waals surface area contributed by atoms with Crippen molar-refractivity contribution in [2.45, 2.75) is 19.4 Å². The van der Waals surface area contributed by atoms with E-state index in [9.17, 15) is 9.90 Å². The highest BCUT2D eigenvalue weighted by Crippen LogP contribution is 2.18. The Morgan fingerprint density at radius 1 is 1.67 bits per heavy atom. The summed E-state index contributed by atoms with van der Waals surface area (Å²) in [5.41, 5.74) is 0. The van der Waals surface area contributed by atoms with Gasteiger partial charge in [-0.05, 0) is 19.1 Å². The van der Waals surface area contributed by atoms with Crippen molar-refractivity contribution >= 4 is 5.97 Å². The fourth-order valence-electron chi connectivity index (χ4n) is 0.899. The van der Waals surface area contributed by atoms with Crippen LogP contribution in [0.2, 0.25) is 0 Å². The van der Waals surface area contributed by atoms with E-state index in [0.717, 1.165) is 0 Å². The van der Waals surface area contributed by atoms with Gasteiger partial charge in [0, 0.05) is 0 Å². The zero-order valence-corrected chi connectivity index (χ0v) is 6.65. The first-order valence-corrected chi connectivity index (χ1v) is 3.56. The Bertz CT molecular complexity index is 276. The smallest absolute Gasteiger partial charge is 0.306 e. The molecule has 12 heavy (non-hydrogen) atoms. The van der Waals surface area contributed by atoms with Crippen LogP contribution in [0.5, 0.6) is 0 Å². The largest absolute Gasteiger partial charge is 0.481 e. The van der Waals surface area contributed by atoms with Crippen molar-refractivity contribution in [2.24, 2.45) is 0 Å². The first kappa shape index (κ1) is 8.80. The SMILES string of the molecule is Cc1ccc([C@@H](O)CC(=O)O)o1. The molecule has 0 amide bonds. The highest BCUT2D eigenvalue weighted by Gasteiger charge is 2.14. The van der Waals surface area contributed by atoms with Gasteiger partial charge in [0.1, 0.15) is 17.6 Å². The van der Waals surface area contributed by atoms with Gasteiger partial charge in [-0.3, -0.25) is 4.79 Å². The van der Waals surface area contributed by atoms with Crippen LogP contribution in [0.3, 0.4) is 0 Å². The lowest BCUT2D eigenvalue weighted by Crippen LogP contribution is -2.04. The maximum atomic E-state index is 10.2. The van der Waals surface area contributed by atoms with Gasteiger partial charge >= 0.3 is 5.97 Å². The molecule has 0 bridgehead atoms. The van der Waals surface area contributed by atoms with Crippen LogP contribution in [0.25, 0.3) is 0 Å². The fraction of sp³-hybridized carbons (Fsp3) is 0.375. The number of carbonyl (C=O) groups is 1. The second-order valence-electron chi connectivity index (χ2n) is 2.56. The first-order valence-electron chi connectivity index (χ1n) is 3.56. The summed E-state index contributed by atoms with van der Waals surface area (Å²) < 4.78 is 5.03. The van der Waals surface area contributed by atoms with Gasteiger partial charge in [0.2, 0.25) is 0 Å². The summed E-state index contributed by atoms with van der Waals surface area (Å²) in [7, 11) is 0. The third kappa shape index (κ3) is 2.10. The Balaban J connectivity index is 2.64. The number of aryl methyl sites for hydroxylation is 1. The normalized spacial score (nSPS) is 12.8. The van der Waals surface area contributed by atoms with Crippen LogP contribution >= 0.6 is 0 Å². The third-order valence-corrected chi connectivity index (χ3v) is 1.46. The van der Waals surface area contributed by atoms with Gasteiger partial charge in [0.05, 0.1) is 6.42 Å². The minimum Gasteiger partial charge on any atom is -0.481 e. The monoisotopic (exact) mass is 170 g/mol. The molecule has 0 aliphatic heterocycles. The van der Waals surface area contributed by atoms with E-state index in [2.05, 4.69) is 0 Å². The number of furan rings is 1. The standard InChI is InChI=1S/C8H10O4/c1-5-2-3-7(12-5)6(9)4-8(10)11/h2-3,6,9H,4H2,1H3,(H,10,11)/t6-/m0/s1. The molecule has 0 unspecified atom stereocenters. The summed E-state index contributed by atoms with van der Waals surface area (Å²) >= 11 is 0. The summed E-state index contributed by atoms with van der Waals surface area (Å²) in [4.78, 5) is 10.2. The number of hydrogen-bond donors (Lipinski definition) is 2. The topological polar surface area (TPSA) is 70.7 Å². The average Bonchev–Trinajstić information content (AvgIpc) is 2.34. The fourth-order valence-corrected chi connectivity index (χ4v) is 0.899. The minimum atomic E-state index is -1.05. The molecule has 1 aromatic rings. The predicted molar refractivity (Wildman–Crippen MR) is 40.7 cm³/mol. The molecule has 0 saturated carbocycles. The summed E-state index contributed by atoms with van der Waals surface area (Å²) in [6.07, 6.45) is -1.37. The van der Waals surface area contributed by atoms with Gasteiger partial charge in [-0.2, -0.15) is 0 Å². The second kappa shape index (κ2) is 3.40. The molecule has 4 heteroatoms. The quantitative estimate of drug-likeness (QED) is 0.712. The number of rotatable bonds is 3. The molecular weight excluding hydrogens is 160 g/mol. The van der Waals surface area contributed by atoms with E-state index < -0.39 is 12.1 Å². The van der Waals surface area contributed by atoms with E-state index in [1.54, 1.807) is 19.1 Å². The highest BCUT2D eigenvalue weighted by molar-refractivity contribution is 5.67. The summed E-state index contributed by atoms with van der Waals surface area (Å²) in [6.45, 7) is 1.73. The van der Waals surface area contributed by atoms with E-state index in [-0.39, 0.29) is 6.42 Å². The average molecular weight is 170 g/mol. The number of carboxylic acids is 1. The van der Waals surface area contributed by atoms with Crippen molar-refractivity contribution in [1.29, 1.82) is 0 Å². The number of aliphatic hydroxyl groups is 1. The van der Waals surface area contributed by atoms with Crippen LogP contribution in [-0.4, -0.2) is 16.2 Å². The molecule has 2 N–H and O–H groups in total. The molecule has 1 atom stereocenters. The van der Waals surface area contributed by atoms with Gasteiger partial charge in [-0.15, -0.1) is 0 Å². The molecular formula is C8H10O4. The molecule has 66 valence electrons. The molecule has 0 fully saturated rings. The van der Waals surface area contributed by atoms with E-state index in [1.165, 1.54) is 0 Å². The molecule has 1 aromatic heterocycles. The molecule has 4 nitrogen and oxygen atoms in total. The van der Waals surface area contributed by atoms with Gasteiger partial charge in [0.15, 0.2) is 0 Å². The van der Waals surface area contributed by atoms with E-state index in [1.807, 2.05) is 0 Å². The Labute approximate surface area is 69.4 Å². The van der Waals surface area contributed by atoms with Gasteiger partial charge in [-0.25, -0.2) is 0 Å². The summed E-state index contributed by atoms with van der Waals surface area (Å²) in [5.74, 6) is -0.0825. The molecule has 0 aromatic carbocycles. The van der Waals surface area contributed by atoms with Crippen molar-refractivity contribution in [3.05, 3.63) is 23.7 Å². The second-order valence-corrected chi connectivity index (χ2v) is 2.56. The minimum absolute atomic E-state index is 0.301. The first-order chi connectivity index (χ1) is 5.59. The zero-order chi connectivity index (χ0) is 9.14. The van der Waals surface area contributed by atoms with E-state index >= 15 is 0 Å². The van der Waals surface area contributed by atoms with E-state index in [0.29, 0.717) is 11.5 Å². The Morgan fingerprint density at radius 3 is 2.75 bits per heavy atom. The Morgan fingerprint density at radius 2 is 2.33 bits per heavy atom. The van der Waals surface area contributed by atoms with Crippen molar-refractivity contribution in [3.63, 3.8) is 0 Å². The van der Waals surface area contributed by atoms with Gasteiger partial charge in [-0.1, -0.05) is 0 Å². The summed E-state index contributed by atoms with van der Waals surface area (Å²) in [5, 5.41) is 17.6. The Kier molecular flexibility index (Phi) is 2.50. The number of aliphatic hydroxyl groups excluding tert-OH is 1. The lowest BCUT2D eigenvalue weighted by Gasteiger charge is -2.02. The van der Waals surface area contributed by atoms with Crippen molar-refractivity contribution in [2.75, 3.05) is 0 Å². The molecule has 0 aliphatic carbocycles. The molecule has 0 saturated heterocycles. The van der Waals surface area contributed by atoms with Crippen LogP contribution in [-0.2, 0) is 4.79 Å². The zero-order valence-electron chi connectivity index (χ0n) is 6.65. The summed E-state index contributed by atoms with van der Waals surface area (Å²) in [6, 6.07) is 3.25. The predicted octanol–water partition coefficient (Wildman–Crippen LogP) is 1.10. The molecule has 0 aliphatic rings. The van der Waals surface area contributed by atoms with E-state index in [4.69, 9.17) is 9.52 Å². The maximum absolute atomic E-state index is 10.2. The molecule has 1 heterocycles. The molecule has 1 rings (SSSR count). The van der Waals surface area contributed by atoms with Crippen molar-refractivity contribution in [3.8, 4) is 0 Å². The van der Waals surface area contributed by atoms with Gasteiger partial charge < -0.3 is 14.6 Å². The number of carboxylic acid groups (broad SMARTS) is 1. The van der Waals surface area contributed by atoms with Crippen LogP contribution in [0, 0.1) is 6.92 Å². The van der Waals surface area contributed by atoms with Crippen molar-refractivity contribution in [1.82, 2.24) is 0 Å². The molecule has 0 radical (unpaired) electrons. The number of aliphatic carboxylic acids is 1.